The number of hydrogen-bond donors (Lipinski definition) is 1. The fourth-order valence-corrected chi connectivity index (χ4v) is 1.59. The van der Waals surface area contributed by atoms with Gasteiger partial charge in [-0.2, -0.15) is 5.26 Å². The Labute approximate surface area is 98.3 Å². The van der Waals surface area contributed by atoms with Crippen molar-refractivity contribution >= 4 is 11.6 Å². The molecule has 0 rings (SSSR count). The van der Waals surface area contributed by atoms with E-state index < -0.39 is 0 Å². The third kappa shape index (κ3) is 6.54. The Morgan fingerprint density at radius 1 is 1.53 bits per heavy atom. The number of nitrogens with zero attached hydrogens (tertiary/aromatic N) is 1. The van der Waals surface area contributed by atoms with Crippen LogP contribution in [-0.2, 0) is 0 Å². The smallest absolute Gasteiger partial charge is 0.102 e. The lowest BCUT2D eigenvalue weighted by Gasteiger charge is -2.28. The molecular formula is C12H21ClN2. The van der Waals surface area contributed by atoms with Gasteiger partial charge in [-0.15, -0.1) is 18.2 Å². The maximum atomic E-state index is 9.10. The van der Waals surface area contributed by atoms with Crippen LogP contribution in [0, 0.1) is 17.2 Å². The molecule has 0 aliphatic heterocycles. The number of halogens is 1. The first-order valence-electron chi connectivity index (χ1n) is 5.30. The van der Waals surface area contributed by atoms with Gasteiger partial charge in [-0.3, -0.25) is 5.32 Å². The summed E-state index contributed by atoms with van der Waals surface area (Å²) in [6.45, 7) is 9.94. The highest BCUT2D eigenvalue weighted by molar-refractivity contribution is 6.17. The first kappa shape index (κ1) is 14.5. The van der Waals surface area contributed by atoms with Crippen LogP contribution < -0.4 is 5.32 Å². The minimum absolute atomic E-state index is 0.0530. The lowest BCUT2D eigenvalue weighted by atomic mass is 9.93. The highest BCUT2D eigenvalue weighted by Gasteiger charge is 2.22. The molecule has 3 heteroatoms. The van der Waals surface area contributed by atoms with Gasteiger partial charge in [0.25, 0.3) is 0 Å². The van der Waals surface area contributed by atoms with Crippen molar-refractivity contribution in [3.05, 3.63) is 12.7 Å². The molecule has 0 aromatic heterocycles. The largest absolute Gasteiger partial charge is 0.297 e. The summed E-state index contributed by atoms with van der Waals surface area (Å²) in [5, 5.41) is 12.4. The van der Waals surface area contributed by atoms with Crippen LogP contribution in [-0.4, -0.2) is 17.5 Å². The molecule has 15 heavy (non-hydrogen) atoms. The van der Waals surface area contributed by atoms with Gasteiger partial charge in [0, 0.05) is 17.3 Å². The molecule has 0 aliphatic rings. The lowest BCUT2D eigenvalue weighted by molar-refractivity contribution is 0.343. The van der Waals surface area contributed by atoms with Crippen LogP contribution in [0.25, 0.3) is 0 Å². The second-order valence-corrected chi connectivity index (χ2v) is 5.11. The maximum absolute atomic E-state index is 9.10. The summed E-state index contributed by atoms with van der Waals surface area (Å²) in [7, 11) is 0. The third-order valence-electron chi connectivity index (χ3n) is 2.13. The summed E-state index contributed by atoms with van der Waals surface area (Å²) in [5.41, 5.74) is -0.0530. The Bertz CT molecular complexity index is 225. The molecule has 0 fully saturated rings. The van der Waals surface area contributed by atoms with E-state index in [0.717, 1.165) is 12.8 Å². The van der Waals surface area contributed by atoms with Gasteiger partial charge < -0.3 is 0 Å². The van der Waals surface area contributed by atoms with Gasteiger partial charge >= 0.3 is 0 Å². The fourth-order valence-electron chi connectivity index (χ4n) is 1.44. The van der Waals surface area contributed by atoms with Crippen molar-refractivity contribution in [2.75, 3.05) is 5.88 Å². The van der Waals surface area contributed by atoms with Crippen LogP contribution in [0.2, 0.25) is 0 Å². The minimum Gasteiger partial charge on any atom is -0.297 e. The van der Waals surface area contributed by atoms with E-state index in [-0.39, 0.29) is 17.5 Å². The molecule has 86 valence electrons. The zero-order valence-corrected chi connectivity index (χ0v) is 10.6. The molecule has 0 aromatic carbocycles. The van der Waals surface area contributed by atoms with Gasteiger partial charge in [0.05, 0.1) is 6.07 Å². The van der Waals surface area contributed by atoms with Crippen molar-refractivity contribution in [1.29, 1.82) is 5.26 Å². The molecule has 0 aromatic rings. The van der Waals surface area contributed by atoms with Crippen molar-refractivity contribution in [2.45, 2.75) is 45.2 Å². The second kappa shape index (κ2) is 6.87. The number of nitrogens with one attached hydrogen (secondary N) is 1. The zero-order chi connectivity index (χ0) is 11.9. The van der Waals surface area contributed by atoms with Crippen LogP contribution in [0.5, 0.6) is 0 Å². The minimum atomic E-state index is -0.175. The predicted molar refractivity (Wildman–Crippen MR) is 65.9 cm³/mol. The van der Waals surface area contributed by atoms with Gasteiger partial charge in [-0.25, -0.2) is 0 Å². The van der Waals surface area contributed by atoms with Crippen molar-refractivity contribution < 1.29 is 0 Å². The predicted octanol–water partition coefficient (Wildman–Crippen LogP) is 3.09. The Balaban J connectivity index is 4.35. The summed E-state index contributed by atoms with van der Waals surface area (Å²) in [4.78, 5) is 0. The van der Waals surface area contributed by atoms with E-state index in [2.05, 4.69) is 38.7 Å². The monoisotopic (exact) mass is 228 g/mol. The number of alkyl halides is 1. The average molecular weight is 229 g/mol. The normalized spacial score (nSPS) is 15.4. The summed E-state index contributed by atoms with van der Waals surface area (Å²) in [5.74, 6) is 0.811. The molecule has 0 spiro atoms. The molecule has 2 nitrogen and oxygen atoms in total. The third-order valence-corrected chi connectivity index (χ3v) is 2.40. The van der Waals surface area contributed by atoms with Crippen LogP contribution in [0.4, 0.5) is 0 Å². The lowest BCUT2D eigenvalue weighted by Crippen LogP contribution is -2.46. The SMILES string of the molecule is C=CC(CCCCl)C(C#N)NC(C)(C)C. The first-order chi connectivity index (χ1) is 6.94. The summed E-state index contributed by atoms with van der Waals surface area (Å²) in [6, 6.07) is 2.12. The molecular weight excluding hydrogens is 208 g/mol. The molecule has 2 atom stereocenters. The molecule has 0 aliphatic carbocycles. The van der Waals surface area contributed by atoms with Crippen LogP contribution >= 0.6 is 11.6 Å². The molecule has 0 bridgehead atoms. The Morgan fingerprint density at radius 3 is 2.47 bits per heavy atom. The quantitative estimate of drug-likeness (QED) is 0.560. The van der Waals surface area contributed by atoms with Crippen molar-refractivity contribution in [1.82, 2.24) is 5.32 Å². The van der Waals surface area contributed by atoms with Gasteiger partial charge in [0.1, 0.15) is 6.04 Å². The Kier molecular flexibility index (Phi) is 6.63. The second-order valence-electron chi connectivity index (χ2n) is 4.73. The summed E-state index contributed by atoms with van der Waals surface area (Å²) in [6.07, 6.45) is 3.68. The molecule has 0 saturated heterocycles. The van der Waals surface area contributed by atoms with E-state index in [1.54, 1.807) is 0 Å². The number of rotatable bonds is 6. The van der Waals surface area contributed by atoms with E-state index in [1.165, 1.54) is 0 Å². The van der Waals surface area contributed by atoms with E-state index in [1.807, 2.05) is 6.08 Å². The molecule has 0 radical (unpaired) electrons. The van der Waals surface area contributed by atoms with Crippen LogP contribution in [0.3, 0.4) is 0 Å². The Hall–Kier alpha value is -0.520. The topological polar surface area (TPSA) is 35.8 Å². The van der Waals surface area contributed by atoms with Gasteiger partial charge in [-0.05, 0) is 33.6 Å². The number of hydrogen-bond acceptors (Lipinski definition) is 2. The highest BCUT2D eigenvalue weighted by Crippen LogP contribution is 2.16. The molecule has 1 N–H and O–H groups in total. The fraction of sp³-hybridized carbons (Fsp3) is 0.750. The first-order valence-corrected chi connectivity index (χ1v) is 5.84. The summed E-state index contributed by atoms with van der Waals surface area (Å²) < 4.78 is 0. The maximum Gasteiger partial charge on any atom is 0.102 e. The van der Waals surface area contributed by atoms with E-state index in [4.69, 9.17) is 16.9 Å². The Morgan fingerprint density at radius 2 is 2.13 bits per heavy atom. The van der Waals surface area contributed by atoms with Crippen LogP contribution in [0.1, 0.15) is 33.6 Å². The highest BCUT2D eigenvalue weighted by atomic mass is 35.5. The molecule has 2 unspecified atom stereocenters. The molecule has 0 heterocycles. The van der Waals surface area contributed by atoms with Crippen molar-refractivity contribution in [2.24, 2.45) is 5.92 Å². The van der Waals surface area contributed by atoms with Crippen LogP contribution in [0.15, 0.2) is 12.7 Å². The van der Waals surface area contributed by atoms with E-state index in [9.17, 15) is 0 Å². The summed E-state index contributed by atoms with van der Waals surface area (Å²) >= 11 is 5.65. The number of nitriles is 1. The molecule has 0 saturated carbocycles. The van der Waals surface area contributed by atoms with E-state index in [0.29, 0.717) is 5.88 Å². The van der Waals surface area contributed by atoms with E-state index >= 15 is 0 Å². The van der Waals surface area contributed by atoms with Crippen molar-refractivity contribution in [3.63, 3.8) is 0 Å². The van der Waals surface area contributed by atoms with Gasteiger partial charge in [0.2, 0.25) is 0 Å². The zero-order valence-electron chi connectivity index (χ0n) is 9.89. The van der Waals surface area contributed by atoms with Gasteiger partial charge in [-0.1, -0.05) is 6.08 Å². The van der Waals surface area contributed by atoms with Gasteiger partial charge in [0.15, 0.2) is 0 Å². The molecule has 0 amide bonds. The van der Waals surface area contributed by atoms with Crippen molar-refractivity contribution in [3.8, 4) is 6.07 Å². The average Bonchev–Trinajstić information content (AvgIpc) is 2.15. The standard InChI is InChI=1S/C12H21ClN2/c1-5-10(7-6-8-13)11(9-14)15-12(2,3)4/h5,10-11,15H,1,6-8H2,2-4H3.